The summed E-state index contributed by atoms with van der Waals surface area (Å²) in [5.74, 6) is 2.86. The first kappa shape index (κ1) is 20.6. The molecule has 30 heavy (non-hydrogen) atoms. The molecule has 2 aromatic rings. The molecular weight excluding hydrogens is 374 g/mol. The second-order valence-electron chi connectivity index (χ2n) is 8.92. The van der Waals surface area contributed by atoms with Crippen LogP contribution in [0.5, 0.6) is 0 Å². The zero-order valence-electron chi connectivity index (χ0n) is 18.1. The highest BCUT2D eigenvalue weighted by Gasteiger charge is 2.23. The van der Waals surface area contributed by atoms with Crippen LogP contribution in [0.4, 0.5) is 11.8 Å². The molecule has 0 saturated heterocycles. The summed E-state index contributed by atoms with van der Waals surface area (Å²) in [5, 5.41) is 7.79. The fourth-order valence-electron chi connectivity index (χ4n) is 4.59. The number of allylic oxidation sites excluding steroid dienone is 2. The van der Waals surface area contributed by atoms with Crippen LogP contribution in [0.3, 0.4) is 0 Å². The Morgan fingerprint density at radius 1 is 1.10 bits per heavy atom. The highest BCUT2D eigenvalue weighted by molar-refractivity contribution is 5.90. The molecule has 2 N–H and O–H groups in total. The first-order chi connectivity index (χ1) is 14.6. The summed E-state index contributed by atoms with van der Waals surface area (Å²) in [6, 6.07) is 8.53. The highest BCUT2D eigenvalue weighted by atomic mass is 16.1. The third-order valence-corrected chi connectivity index (χ3v) is 6.33. The summed E-state index contributed by atoms with van der Waals surface area (Å²) < 4.78 is 0. The largest absolute Gasteiger partial charge is 0.362 e. The molecule has 6 nitrogen and oxygen atoms in total. The number of amides is 1. The monoisotopic (exact) mass is 407 g/mol. The molecule has 160 valence electrons. The predicted molar refractivity (Wildman–Crippen MR) is 123 cm³/mol. The van der Waals surface area contributed by atoms with Crippen LogP contribution < -0.4 is 15.5 Å². The van der Waals surface area contributed by atoms with Gasteiger partial charge in [-0.1, -0.05) is 24.3 Å². The molecule has 1 atom stereocenters. The van der Waals surface area contributed by atoms with Crippen molar-refractivity contribution in [3.8, 4) is 0 Å². The lowest BCUT2D eigenvalue weighted by Gasteiger charge is -2.29. The SMILES string of the molecule is CN(C)c1nc(NC2CCC(CNC(=O)CC3C=CCC3)CC2)nc2ccccc12. The van der Waals surface area contributed by atoms with Crippen LogP contribution in [0, 0.1) is 11.8 Å². The van der Waals surface area contributed by atoms with Crippen LogP contribution >= 0.6 is 0 Å². The predicted octanol–water partition coefficient (Wildman–Crippen LogP) is 4.14. The van der Waals surface area contributed by atoms with E-state index in [1.165, 1.54) is 0 Å². The molecule has 1 saturated carbocycles. The van der Waals surface area contributed by atoms with Gasteiger partial charge in [0.05, 0.1) is 5.52 Å². The number of carbonyl (C=O) groups excluding carboxylic acids is 1. The molecule has 6 heteroatoms. The summed E-state index contributed by atoms with van der Waals surface area (Å²) in [7, 11) is 4.03. The van der Waals surface area contributed by atoms with Gasteiger partial charge in [-0.3, -0.25) is 4.79 Å². The summed E-state index contributed by atoms with van der Waals surface area (Å²) >= 11 is 0. The lowest BCUT2D eigenvalue weighted by Crippen LogP contribution is -2.34. The number of aromatic nitrogens is 2. The maximum Gasteiger partial charge on any atom is 0.225 e. The molecular formula is C24H33N5O. The smallest absolute Gasteiger partial charge is 0.225 e. The van der Waals surface area contributed by atoms with Gasteiger partial charge in [-0.25, -0.2) is 4.98 Å². The normalized spacial score (nSPS) is 23.5. The van der Waals surface area contributed by atoms with Gasteiger partial charge in [0.15, 0.2) is 0 Å². The number of benzene rings is 1. The molecule has 1 aromatic carbocycles. The van der Waals surface area contributed by atoms with E-state index in [-0.39, 0.29) is 5.91 Å². The number of rotatable bonds is 7. The average molecular weight is 408 g/mol. The van der Waals surface area contributed by atoms with Gasteiger partial charge in [-0.15, -0.1) is 0 Å². The van der Waals surface area contributed by atoms with Crippen LogP contribution in [0.1, 0.15) is 44.9 Å². The van der Waals surface area contributed by atoms with Gasteiger partial charge in [-0.05, 0) is 62.5 Å². The zero-order valence-corrected chi connectivity index (χ0v) is 18.1. The van der Waals surface area contributed by atoms with Gasteiger partial charge in [0.25, 0.3) is 0 Å². The quantitative estimate of drug-likeness (QED) is 0.675. The molecule has 1 unspecified atom stereocenters. The van der Waals surface area contributed by atoms with E-state index in [1.54, 1.807) is 0 Å². The molecule has 1 heterocycles. The van der Waals surface area contributed by atoms with Crippen LogP contribution in [-0.4, -0.2) is 42.6 Å². The number of carbonyl (C=O) groups is 1. The van der Waals surface area contributed by atoms with Crippen molar-refractivity contribution in [2.45, 2.75) is 51.0 Å². The maximum atomic E-state index is 12.2. The third-order valence-electron chi connectivity index (χ3n) is 6.33. The topological polar surface area (TPSA) is 70.2 Å². The molecule has 2 aliphatic carbocycles. The van der Waals surface area contributed by atoms with Crippen molar-refractivity contribution < 1.29 is 4.79 Å². The van der Waals surface area contributed by atoms with Crippen LogP contribution in [0.25, 0.3) is 10.9 Å². The van der Waals surface area contributed by atoms with Gasteiger partial charge in [0.1, 0.15) is 5.82 Å². The number of hydrogen-bond acceptors (Lipinski definition) is 5. The van der Waals surface area contributed by atoms with E-state index in [1.807, 2.05) is 37.2 Å². The first-order valence-corrected chi connectivity index (χ1v) is 11.2. The van der Waals surface area contributed by atoms with E-state index in [0.29, 0.717) is 30.2 Å². The minimum atomic E-state index is 0.201. The number of nitrogens with one attached hydrogen (secondary N) is 2. The Labute approximate surface area is 179 Å². The molecule has 1 aromatic heterocycles. The standard InChI is InChI=1S/C24H33N5O/c1-29(2)23-20-9-5-6-10-21(20)27-24(28-23)26-19-13-11-18(12-14-19)16-25-22(30)15-17-7-3-4-8-17/h3,5-7,9-10,17-19H,4,8,11-16H2,1-2H3,(H,25,30)(H,26,27,28). The second-order valence-corrected chi connectivity index (χ2v) is 8.92. The van der Waals surface area contributed by atoms with E-state index in [4.69, 9.17) is 9.97 Å². The van der Waals surface area contributed by atoms with Crippen LogP contribution in [0.15, 0.2) is 36.4 Å². The van der Waals surface area contributed by atoms with Crippen molar-refractivity contribution in [3.63, 3.8) is 0 Å². The molecule has 0 spiro atoms. The molecule has 0 bridgehead atoms. The number of fused-ring (bicyclic) bond motifs is 1. The Morgan fingerprint density at radius 2 is 1.90 bits per heavy atom. The minimum absolute atomic E-state index is 0.201. The molecule has 1 fully saturated rings. The summed E-state index contributed by atoms with van der Waals surface area (Å²) in [4.78, 5) is 23.7. The van der Waals surface area contributed by atoms with E-state index in [9.17, 15) is 4.79 Å². The molecule has 2 aliphatic rings. The number of hydrogen-bond donors (Lipinski definition) is 2. The minimum Gasteiger partial charge on any atom is -0.362 e. The second kappa shape index (κ2) is 9.45. The molecule has 0 radical (unpaired) electrons. The number of nitrogens with zero attached hydrogens (tertiary/aromatic N) is 3. The Hall–Kier alpha value is -2.63. The van der Waals surface area contributed by atoms with Crippen molar-refractivity contribution >= 4 is 28.6 Å². The van der Waals surface area contributed by atoms with E-state index < -0.39 is 0 Å². The summed E-state index contributed by atoms with van der Waals surface area (Å²) in [5.41, 5.74) is 0.965. The van der Waals surface area contributed by atoms with Gasteiger partial charge >= 0.3 is 0 Å². The van der Waals surface area contributed by atoms with E-state index >= 15 is 0 Å². The van der Waals surface area contributed by atoms with Crippen molar-refractivity contribution in [1.29, 1.82) is 0 Å². The van der Waals surface area contributed by atoms with Gasteiger partial charge < -0.3 is 15.5 Å². The van der Waals surface area contributed by atoms with Crippen molar-refractivity contribution in [1.82, 2.24) is 15.3 Å². The number of para-hydroxylation sites is 1. The maximum absolute atomic E-state index is 12.2. The fourth-order valence-corrected chi connectivity index (χ4v) is 4.59. The lowest BCUT2D eigenvalue weighted by atomic mass is 9.86. The van der Waals surface area contributed by atoms with Crippen LogP contribution in [-0.2, 0) is 4.79 Å². The van der Waals surface area contributed by atoms with Gasteiger partial charge in [-0.2, -0.15) is 4.98 Å². The third kappa shape index (κ3) is 5.10. The average Bonchev–Trinajstić information content (AvgIpc) is 3.25. The summed E-state index contributed by atoms with van der Waals surface area (Å²) in [6.45, 7) is 0.805. The van der Waals surface area contributed by atoms with Crippen LogP contribution in [0.2, 0.25) is 0 Å². The van der Waals surface area contributed by atoms with Crippen molar-refractivity contribution in [2.24, 2.45) is 11.8 Å². The van der Waals surface area contributed by atoms with E-state index in [0.717, 1.165) is 61.8 Å². The molecule has 4 rings (SSSR count). The zero-order chi connectivity index (χ0) is 20.9. The van der Waals surface area contributed by atoms with E-state index in [2.05, 4.69) is 28.9 Å². The Kier molecular flexibility index (Phi) is 6.50. The number of anilines is 2. The molecule has 0 aliphatic heterocycles. The fraction of sp³-hybridized carbons (Fsp3) is 0.542. The molecule has 1 amide bonds. The lowest BCUT2D eigenvalue weighted by molar-refractivity contribution is -0.121. The van der Waals surface area contributed by atoms with Crippen molar-refractivity contribution in [3.05, 3.63) is 36.4 Å². The first-order valence-electron chi connectivity index (χ1n) is 11.2. The summed E-state index contributed by atoms with van der Waals surface area (Å²) in [6.07, 6.45) is 11.7. The Morgan fingerprint density at radius 3 is 2.63 bits per heavy atom. The van der Waals surface area contributed by atoms with Gasteiger partial charge in [0, 0.05) is 38.5 Å². The Balaban J connectivity index is 1.27. The van der Waals surface area contributed by atoms with Gasteiger partial charge in [0.2, 0.25) is 11.9 Å². The Bertz CT molecular complexity index is 902. The van der Waals surface area contributed by atoms with Crippen molar-refractivity contribution in [2.75, 3.05) is 30.9 Å². The highest BCUT2D eigenvalue weighted by Crippen LogP contribution is 2.28.